The number of hydrogen-bond acceptors (Lipinski definition) is 10. The number of esters is 2. The molecular weight excluding hydrogens is 531 g/mol. The lowest BCUT2D eigenvalue weighted by atomic mass is 10.2. The number of hydrogen-bond donors (Lipinski definition) is 0. The van der Waals surface area contributed by atoms with E-state index in [0.29, 0.717) is 52.9 Å². The largest absolute Gasteiger partial charge is 0.463 e. The number of carbonyl (C=O) groups is 2. The van der Waals surface area contributed by atoms with Gasteiger partial charge in [-0.2, -0.15) is 8.78 Å². The summed E-state index contributed by atoms with van der Waals surface area (Å²) < 4.78 is 106. The summed E-state index contributed by atoms with van der Waals surface area (Å²) in [7, 11) is 0. The van der Waals surface area contributed by atoms with E-state index in [1.807, 2.05) is 0 Å². The van der Waals surface area contributed by atoms with E-state index in [-0.39, 0.29) is 39.0 Å². The van der Waals surface area contributed by atoms with Crippen LogP contribution in [0.15, 0.2) is 0 Å². The van der Waals surface area contributed by atoms with E-state index < -0.39 is 47.2 Å². The fraction of sp³-hybridized carbons (Fsp3) is 0.652. The summed E-state index contributed by atoms with van der Waals surface area (Å²) in [6, 6.07) is 0. The first-order valence-corrected chi connectivity index (χ1v) is 11.6. The molecular formula is C23H31F5O10. The zero-order valence-electron chi connectivity index (χ0n) is 20.9. The molecule has 0 radical (unpaired) electrons. The minimum Gasteiger partial charge on any atom is -0.463 e. The number of carbonyl (C=O) groups excluding carboxylic acids is 2. The van der Waals surface area contributed by atoms with Gasteiger partial charge in [-0.1, -0.05) is 0 Å². The van der Waals surface area contributed by atoms with Crippen molar-refractivity contribution in [1.29, 1.82) is 0 Å². The van der Waals surface area contributed by atoms with Crippen LogP contribution in [-0.4, -0.2) is 97.8 Å². The Kier molecular flexibility index (Phi) is 18.1. The summed E-state index contributed by atoms with van der Waals surface area (Å²) in [4.78, 5) is 22.1. The van der Waals surface area contributed by atoms with Crippen molar-refractivity contribution in [3.63, 3.8) is 0 Å². The third kappa shape index (κ3) is 14.5. The van der Waals surface area contributed by atoms with Crippen LogP contribution in [0.3, 0.4) is 0 Å². The molecule has 38 heavy (non-hydrogen) atoms. The summed E-state index contributed by atoms with van der Waals surface area (Å²) >= 11 is 0. The lowest BCUT2D eigenvalue weighted by Gasteiger charge is -2.09. The van der Waals surface area contributed by atoms with Crippen LogP contribution in [-0.2, 0) is 42.7 Å². The molecule has 0 N–H and O–H groups in total. The summed E-state index contributed by atoms with van der Waals surface area (Å²) in [6.07, 6.45) is -0.487. The second kappa shape index (κ2) is 20.5. The summed E-state index contributed by atoms with van der Waals surface area (Å²) in [5, 5.41) is 0. The van der Waals surface area contributed by atoms with Crippen molar-refractivity contribution in [1.82, 2.24) is 0 Å². The summed E-state index contributed by atoms with van der Waals surface area (Å²) in [5.41, 5.74) is 0. The molecule has 0 aliphatic heterocycles. The van der Waals surface area contributed by atoms with Gasteiger partial charge in [-0.15, -0.1) is 0 Å². The van der Waals surface area contributed by atoms with Crippen molar-refractivity contribution in [2.45, 2.75) is 13.3 Å². The van der Waals surface area contributed by atoms with Crippen LogP contribution >= 0.6 is 0 Å². The van der Waals surface area contributed by atoms with Gasteiger partial charge in [-0.3, -0.25) is 9.59 Å². The van der Waals surface area contributed by atoms with Crippen molar-refractivity contribution in [3.8, 4) is 5.75 Å². The Hall–Kier alpha value is -2.43. The minimum absolute atomic E-state index is 0.0795. The minimum atomic E-state index is -2.35. The zero-order valence-corrected chi connectivity index (χ0v) is 20.9. The van der Waals surface area contributed by atoms with Crippen LogP contribution in [0.2, 0.25) is 0 Å². The van der Waals surface area contributed by atoms with Gasteiger partial charge in [0, 0.05) is 6.92 Å². The number of benzene rings is 1. The molecule has 0 aliphatic rings. The van der Waals surface area contributed by atoms with E-state index in [1.54, 1.807) is 0 Å². The highest BCUT2D eigenvalue weighted by Crippen LogP contribution is 2.29. The maximum Gasteiger partial charge on any atom is 0.313 e. The lowest BCUT2D eigenvalue weighted by Crippen LogP contribution is -2.16. The molecule has 15 heteroatoms. The Morgan fingerprint density at radius 1 is 0.500 bits per heavy atom. The first-order chi connectivity index (χ1) is 18.3. The van der Waals surface area contributed by atoms with Crippen LogP contribution < -0.4 is 4.74 Å². The molecule has 0 heterocycles. The highest BCUT2D eigenvalue weighted by atomic mass is 19.2. The molecule has 0 amide bonds. The molecule has 0 aliphatic carbocycles. The van der Waals surface area contributed by atoms with Crippen LogP contribution in [0.5, 0.6) is 5.75 Å². The predicted octanol–water partition coefficient (Wildman–Crippen LogP) is 2.34. The van der Waals surface area contributed by atoms with E-state index in [0.717, 1.165) is 0 Å². The molecule has 218 valence electrons. The topological polar surface area (TPSA) is 108 Å². The SMILES string of the molecule is CC(=O)OCCOCCOCCOCCOCCOCCOCCC(=O)Oc1c(F)c(F)c(F)c(F)c1F. The Balaban J connectivity index is 1.89. The Morgan fingerprint density at radius 3 is 1.18 bits per heavy atom. The van der Waals surface area contributed by atoms with Gasteiger partial charge in [-0.25, -0.2) is 13.2 Å². The van der Waals surface area contributed by atoms with Gasteiger partial charge in [0.15, 0.2) is 0 Å². The highest BCUT2D eigenvalue weighted by Gasteiger charge is 2.28. The Labute approximate surface area is 216 Å². The van der Waals surface area contributed by atoms with Crippen molar-refractivity contribution >= 4 is 11.9 Å². The fourth-order valence-corrected chi connectivity index (χ4v) is 2.44. The lowest BCUT2D eigenvalue weighted by molar-refractivity contribution is -0.142. The number of rotatable bonds is 22. The highest BCUT2D eigenvalue weighted by molar-refractivity contribution is 5.72. The van der Waals surface area contributed by atoms with Gasteiger partial charge in [-0.05, 0) is 0 Å². The second-order valence-electron chi connectivity index (χ2n) is 7.14. The molecule has 1 rings (SSSR count). The molecule has 0 fully saturated rings. The van der Waals surface area contributed by atoms with E-state index in [9.17, 15) is 31.5 Å². The maximum atomic E-state index is 13.5. The molecule has 0 atom stereocenters. The van der Waals surface area contributed by atoms with Gasteiger partial charge < -0.3 is 37.9 Å². The molecule has 0 saturated carbocycles. The van der Waals surface area contributed by atoms with Crippen molar-refractivity contribution in [2.75, 3.05) is 85.9 Å². The van der Waals surface area contributed by atoms with Gasteiger partial charge in [0.25, 0.3) is 0 Å². The summed E-state index contributed by atoms with van der Waals surface area (Å²) in [5.74, 6) is -14.5. The van der Waals surface area contributed by atoms with Gasteiger partial charge in [0.2, 0.25) is 34.8 Å². The van der Waals surface area contributed by atoms with Crippen LogP contribution in [0.25, 0.3) is 0 Å². The third-order valence-electron chi connectivity index (χ3n) is 4.23. The van der Waals surface area contributed by atoms with Crippen LogP contribution in [0, 0.1) is 29.1 Å². The standard InChI is InChI=1S/C23H31F5O10/c1-16(29)37-15-14-36-13-12-35-11-10-34-9-8-33-7-6-32-5-4-31-3-2-17(30)38-23-21(27)19(25)18(24)20(26)22(23)28/h2-15H2,1H3. The van der Waals surface area contributed by atoms with Gasteiger partial charge in [0.05, 0.1) is 85.7 Å². The van der Waals surface area contributed by atoms with Crippen molar-refractivity contribution in [2.24, 2.45) is 0 Å². The van der Waals surface area contributed by atoms with Gasteiger partial charge >= 0.3 is 11.9 Å². The smallest absolute Gasteiger partial charge is 0.313 e. The average molecular weight is 562 g/mol. The first kappa shape index (κ1) is 33.6. The fourth-order valence-electron chi connectivity index (χ4n) is 2.44. The van der Waals surface area contributed by atoms with E-state index >= 15 is 0 Å². The van der Waals surface area contributed by atoms with Gasteiger partial charge in [0.1, 0.15) is 6.61 Å². The van der Waals surface area contributed by atoms with E-state index in [4.69, 9.17) is 33.2 Å². The normalized spacial score (nSPS) is 11.1. The number of halogens is 5. The molecule has 0 aromatic heterocycles. The van der Waals surface area contributed by atoms with Crippen LogP contribution in [0.4, 0.5) is 22.0 Å². The third-order valence-corrected chi connectivity index (χ3v) is 4.23. The Bertz CT molecular complexity index is 814. The average Bonchev–Trinajstić information content (AvgIpc) is 2.89. The molecule has 0 spiro atoms. The van der Waals surface area contributed by atoms with E-state index in [2.05, 4.69) is 4.74 Å². The second-order valence-corrected chi connectivity index (χ2v) is 7.14. The molecule has 1 aromatic rings. The monoisotopic (exact) mass is 562 g/mol. The molecule has 0 bridgehead atoms. The molecule has 1 aromatic carbocycles. The molecule has 0 saturated heterocycles. The zero-order chi connectivity index (χ0) is 28.2. The first-order valence-electron chi connectivity index (χ1n) is 11.6. The van der Waals surface area contributed by atoms with E-state index in [1.165, 1.54) is 6.92 Å². The quantitative estimate of drug-likeness (QED) is 0.0522. The molecule has 0 unspecified atom stereocenters. The molecule has 10 nitrogen and oxygen atoms in total. The van der Waals surface area contributed by atoms with Crippen molar-refractivity contribution < 1.29 is 69.4 Å². The van der Waals surface area contributed by atoms with Crippen LogP contribution in [0.1, 0.15) is 13.3 Å². The van der Waals surface area contributed by atoms with Crippen molar-refractivity contribution in [3.05, 3.63) is 29.1 Å². The predicted molar refractivity (Wildman–Crippen MR) is 118 cm³/mol. The summed E-state index contributed by atoms with van der Waals surface area (Å²) in [6.45, 7) is 4.71. The number of ether oxygens (including phenoxy) is 8. The Morgan fingerprint density at radius 2 is 0.816 bits per heavy atom. The maximum absolute atomic E-state index is 13.5.